The largest absolute Gasteiger partial charge is 0.354 e. The summed E-state index contributed by atoms with van der Waals surface area (Å²) in [6.07, 6.45) is 2.80. The number of nitrogens with zero attached hydrogens (tertiary/aromatic N) is 1. The number of unbranched alkanes of at least 4 members (excludes halogenated alkanes) is 1. The molecule has 4 nitrogen and oxygen atoms in total. The molecular weight excluding hydrogens is 372 g/mol. The number of benzene rings is 2. The molecule has 0 aromatic heterocycles. The van der Waals surface area contributed by atoms with Gasteiger partial charge in [0.25, 0.3) is 0 Å². The topological polar surface area (TPSA) is 49.4 Å². The zero-order chi connectivity index (χ0) is 20.4. The van der Waals surface area contributed by atoms with Crippen LogP contribution in [0.4, 0.5) is 0 Å². The summed E-state index contributed by atoms with van der Waals surface area (Å²) in [5.41, 5.74) is 1.94. The van der Waals surface area contributed by atoms with Crippen molar-refractivity contribution in [2.24, 2.45) is 0 Å². The molecule has 0 unspecified atom stereocenters. The van der Waals surface area contributed by atoms with Gasteiger partial charge in [-0.1, -0.05) is 73.5 Å². The Kier molecular flexibility index (Phi) is 9.02. The van der Waals surface area contributed by atoms with Gasteiger partial charge in [-0.05, 0) is 37.0 Å². The maximum absolute atomic E-state index is 13.0. The summed E-state index contributed by atoms with van der Waals surface area (Å²) >= 11 is 6.21. The Morgan fingerprint density at radius 3 is 2.43 bits per heavy atom. The van der Waals surface area contributed by atoms with Crippen molar-refractivity contribution in [3.05, 3.63) is 70.7 Å². The van der Waals surface area contributed by atoms with Crippen molar-refractivity contribution in [3.8, 4) is 0 Å². The molecule has 0 aliphatic heterocycles. The lowest BCUT2D eigenvalue weighted by atomic mass is 10.1. The van der Waals surface area contributed by atoms with Gasteiger partial charge < -0.3 is 10.2 Å². The Morgan fingerprint density at radius 2 is 1.75 bits per heavy atom. The summed E-state index contributed by atoms with van der Waals surface area (Å²) in [4.78, 5) is 27.2. The van der Waals surface area contributed by atoms with Gasteiger partial charge in [-0.15, -0.1) is 0 Å². The number of carbonyl (C=O) groups is 2. The molecule has 0 saturated carbocycles. The molecule has 0 spiro atoms. The summed E-state index contributed by atoms with van der Waals surface area (Å²) in [5.74, 6) is -0.169. The number of rotatable bonds is 10. The molecule has 5 heteroatoms. The fourth-order valence-electron chi connectivity index (χ4n) is 2.99. The molecule has 0 bridgehead atoms. The second kappa shape index (κ2) is 11.5. The fraction of sp³-hybridized carbons (Fsp3) is 0.391. The first-order chi connectivity index (χ1) is 13.5. The monoisotopic (exact) mass is 400 g/mol. The van der Waals surface area contributed by atoms with Gasteiger partial charge in [0.15, 0.2) is 0 Å². The van der Waals surface area contributed by atoms with Gasteiger partial charge in [0.05, 0.1) is 0 Å². The van der Waals surface area contributed by atoms with Crippen molar-refractivity contribution >= 4 is 23.4 Å². The average molecular weight is 401 g/mol. The lowest BCUT2D eigenvalue weighted by Crippen LogP contribution is -2.47. The number of halogens is 1. The Bertz CT molecular complexity index is 764. The van der Waals surface area contributed by atoms with Crippen LogP contribution >= 0.6 is 11.6 Å². The predicted molar refractivity (Wildman–Crippen MR) is 114 cm³/mol. The van der Waals surface area contributed by atoms with E-state index in [-0.39, 0.29) is 11.8 Å². The number of amides is 2. The highest BCUT2D eigenvalue weighted by atomic mass is 35.5. The Hall–Kier alpha value is -2.33. The Morgan fingerprint density at radius 1 is 1.07 bits per heavy atom. The Labute approximate surface area is 172 Å². The van der Waals surface area contributed by atoms with Crippen molar-refractivity contribution in [2.75, 3.05) is 6.54 Å². The van der Waals surface area contributed by atoms with Crippen molar-refractivity contribution in [1.82, 2.24) is 10.2 Å². The number of aryl methyl sites for hydroxylation is 1. The van der Waals surface area contributed by atoms with Crippen LogP contribution in [0.2, 0.25) is 5.02 Å². The lowest BCUT2D eigenvalue weighted by molar-refractivity contribution is -0.140. The van der Waals surface area contributed by atoms with E-state index < -0.39 is 6.04 Å². The van der Waals surface area contributed by atoms with Gasteiger partial charge in [0.2, 0.25) is 11.8 Å². The average Bonchev–Trinajstić information content (AvgIpc) is 2.71. The van der Waals surface area contributed by atoms with Crippen LogP contribution in [0.3, 0.4) is 0 Å². The van der Waals surface area contributed by atoms with Crippen molar-refractivity contribution in [3.63, 3.8) is 0 Å². The van der Waals surface area contributed by atoms with Gasteiger partial charge in [-0.25, -0.2) is 0 Å². The first-order valence-electron chi connectivity index (χ1n) is 9.87. The third kappa shape index (κ3) is 6.68. The van der Waals surface area contributed by atoms with E-state index in [1.54, 1.807) is 11.8 Å². The molecule has 2 amide bonds. The van der Waals surface area contributed by atoms with Crippen LogP contribution in [0, 0.1) is 0 Å². The minimum Gasteiger partial charge on any atom is -0.354 e. The van der Waals surface area contributed by atoms with E-state index in [0.717, 1.165) is 24.0 Å². The SMILES string of the molecule is CCCCNC(=O)[C@H](C)N(Cc1ccccc1)C(=O)CCc1ccccc1Cl. The van der Waals surface area contributed by atoms with E-state index in [0.29, 0.717) is 31.0 Å². The van der Waals surface area contributed by atoms with Crippen LogP contribution in [0.15, 0.2) is 54.6 Å². The highest BCUT2D eigenvalue weighted by molar-refractivity contribution is 6.31. The van der Waals surface area contributed by atoms with Crippen LogP contribution in [0.25, 0.3) is 0 Å². The van der Waals surface area contributed by atoms with Crippen molar-refractivity contribution < 1.29 is 9.59 Å². The highest BCUT2D eigenvalue weighted by Crippen LogP contribution is 2.18. The van der Waals surface area contributed by atoms with Crippen LogP contribution in [0.5, 0.6) is 0 Å². The molecule has 1 N–H and O–H groups in total. The molecule has 2 aromatic carbocycles. The van der Waals surface area contributed by atoms with E-state index in [2.05, 4.69) is 12.2 Å². The standard InChI is InChI=1S/C23H29ClN2O2/c1-3-4-16-25-23(28)18(2)26(17-19-10-6-5-7-11-19)22(27)15-14-20-12-8-9-13-21(20)24/h5-13,18H,3-4,14-17H2,1-2H3,(H,25,28)/t18-/m0/s1. The zero-order valence-electron chi connectivity index (χ0n) is 16.7. The van der Waals surface area contributed by atoms with Gasteiger partial charge >= 0.3 is 0 Å². The van der Waals surface area contributed by atoms with E-state index in [9.17, 15) is 9.59 Å². The molecule has 0 saturated heterocycles. The van der Waals surface area contributed by atoms with Gasteiger partial charge in [0.1, 0.15) is 6.04 Å². The highest BCUT2D eigenvalue weighted by Gasteiger charge is 2.25. The number of carbonyl (C=O) groups excluding carboxylic acids is 2. The first-order valence-corrected chi connectivity index (χ1v) is 10.2. The minimum atomic E-state index is -0.532. The van der Waals surface area contributed by atoms with E-state index >= 15 is 0 Å². The summed E-state index contributed by atoms with van der Waals surface area (Å²) in [6.45, 7) is 4.91. The summed E-state index contributed by atoms with van der Waals surface area (Å²) in [5, 5.41) is 3.60. The van der Waals surface area contributed by atoms with E-state index in [1.165, 1.54) is 0 Å². The second-order valence-electron chi connectivity index (χ2n) is 6.92. The normalized spacial score (nSPS) is 11.7. The van der Waals surface area contributed by atoms with E-state index in [1.807, 2.05) is 54.6 Å². The zero-order valence-corrected chi connectivity index (χ0v) is 17.4. The third-order valence-electron chi connectivity index (χ3n) is 4.76. The molecular formula is C23H29ClN2O2. The lowest BCUT2D eigenvalue weighted by Gasteiger charge is -2.29. The van der Waals surface area contributed by atoms with Crippen molar-refractivity contribution in [1.29, 1.82) is 0 Å². The molecule has 2 aromatic rings. The molecule has 1 atom stereocenters. The van der Waals surface area contributed by atoms with Crippen LogP contribution in [-0.2, 0) is 22.6 Å². The summed E-state index contributed by atoms with van der Waals surface area (Å²) in [6, 6.07) is 16.8. The molecule has 0 aliphatic carbocycles. The second-order valence-corrected chi connectivity index (χ2v) is 7.33. The quantitative estimate of drug-likeness (QED) is 0.592. The van der Waals surface area contributed by atoms with Crippen molar-refractivity contribution in [2.45, 2.75) is 52.1 Å². The summed E-state index contributed by atoms with van der Waals surface area (Å²) in [7, 11) is 0. The van der Waals surface area contributed by atoms with Crippen LogP contribution < -0.4 is 5.32 Å². The minimum absolute atomic E-state index is 0.0538. The maximum atomic E-state index is 13.0. The molecule has 0 fully saturated rings. The smallest absolute Gasteiger partial charge is 0.242 e. The van der Waals surface area contributed by atoms with Gasteiger partial charge in [-0.3, -0.25) is 9.59 Å². The summed E-state index contributed by atoms with van der Waals surface area (Å²) < 4.78 is 0. The first kappa shape index (κ1) is 22.0. The number of hydrogen-bond acceptors (Lipinski definition) is 2. The maximum Gasteiger partial charge on any atom is 0.242 e. The number of nitrogens with one attached hydrogen (secondary N) is 1. The van der Waals surface area contributed by atoms with Gasteiger partial charge in [-0.2, -0.15) is 0 Å². The number of hydrogen-bond donors (Lipinski definition) is 1. The Balaban J connectivity index is 2.08. The molecule has 150 valence electrons. The molecule has 0 heterocycles. The predicted octanol–water partition coefficient (Wildman–Crippen LogP) is 4.61. The molecule has 0 radical (unpaired) electrons. The fourth-order valence-corrected chi connectivity index (χ4v) is 3.22. The van der Waals surface area contributed by atoms with E-state index in [4.69, 9.17) is 11.6 Å². The van der Waals surface area contributed by atoms with Crippen LogP contribution in [-0.4, -0.2) is 29.3 Å². The van der Waals surface area contributed by atoms with Gasteiger partial charge in [0, 0.05) is 24.5 Å². The molecule has 28 heavy (non-hydrogen) atoms. The molecule has 0 aliphatic rings. The third-order valence-corrected chi connectivity index (χ3v) is 5.13. The molecule has 2 rings (SSSR count). The van der Waals surface area contributed by atoms with Crippen LogP contribution in [0.1, 0.15) is 44.2 Å².